The molecule has 3 aromatic carbocycles. The molecule has 9 heteroatoms. The summed E-state index contributed by atoms with van der Waals surface area (Å²) in [5, 5.41) is 3.34. The van der Waals surface area contributed by atoms with E-state index in [1.54, 1.807) is 30.0 Å². The lowest BCUT2D eigenvalue weighted by atomic mass is 10.1. The summed E-state index contributed by atoms with van der Waals surface area (Å²) in [4.78, 5) is 14.0. The van der Waals surface area contributed by atoms with Crippen molar-refractivity contribution in [3.05, 3.63) is 82.9 Å². The average Bonchev–Trinajstić information content (AvgIpc) is 2.80. The summed E-state index contributed by atoms with van der Waals surface area (Å²) in [7, 11) is -2.27. The SMILES string of the molecule is CCOc1ccc(C(=O)Nc2cccc(SC)c2)cc1CN(C)S(=O)(=O)c1ccc(Cl)cc1. The minimum absolute atomic E-state index is 0.0311. The maximum Gasteiger partial charge on any atom is 0.255 e. The Labute approximate surface area is 204 Å². The molecule has 0 spiro atoms. The van der Waals surface area contributed by atoms with Gasteiger partial charge in [0.25, 0.3) is 5.91 Å². The molecule has 0 atom stereocenters. The van der Waals surface area contributed by atoms with Gasteiger partial charge in [-0.3, -0.25) is 4.79 Å². The molecule has 0 aliphatic heterocycles. The average molecular weight is 505 g/mol. The third-order valence-electron chi connectivity index (χ3n) is 4.86. The third kappa shape index (κ3) is 6.29. The molecule has 0 radical (unpaired) electrons. The van der Waals surface area contributed by atoms with Crippen LogP contribution in [0.15, 0.2) is 76.5 Å². The standard InChI is InChI=1S/C24H25ClN2O4S2/c1-4-31-23-13-8-17(24(28)26-20-6-5-7-21(15-20)32-3)14-18(23)16-27(2)33(29,30)22-11-9-19(25)10-12-22/h5-15H,4,16H2,1-3H3,(H,26,28). The van der Waals surface area contributed by atoms with Crippen LogP contribution in [-0.4, -0.2) is 38.5 Å². The topological polar surface area (TPSA) is 75.7 Å². The van der Waals surface area contributed by atoms with Crippen molar-refractivity contribution in [2.45, 2.75) is 23.3 Å². The number of nitrogens with one attached hydrogen (secondary N) is 1. The van der Waals surface area contributed by atoms with Gasteiger partial charge in [0.2, 0.25) is 10.0 Å². The zero-order valence-electron chi connectivity index (χ0n) is 18.5. The minimum Gasteiger partial charge on any atom is -0.494 e. The van der Waals surface area contributed by atoms with Crippen molar-refractivity contribution in [3.8, 4) is 5.75 Å². The molecule has 174 valence electrons. The molecule has 0 saturated carbocycles. The highest BCUT2D eigenvalue weighted by Crippen LogP contribution is 2.26. The van der Waals surface area contributed by atoms with E-state index in [1.807, 2.05) is 37.4 Å². The van der Waals surface area contributed by atoms with Crippen LogP contribution < -0.4 is 10.1 Å². The Bertz CT molecular complexity index is 1230. The quantitative estimate of drug-likeness (QED) is 0.387. The summed E-state index contributed by atoms with van der Waals surface area (Å²) in [6.45, 7) is 2.29. The van der Waals surface area contributed by atoms with E-state index in [1.165, 1.54) is 35.6 Å². The van der Waals surface area contributed by atoms with Crippen LogP contribution in [0.1, 0.15) is 22.8 Å². The number of halogens is 1. The second kappa shape index (κ2) is 11.1. The van der Waals surface area contributed by atoms with E-state index in [4.69, 9.17) is 16.3 Å². The normalized spacial score (nSPS) is 11.4. The van der Waals surface area contributed by atoms with Crippen LogP contribution in [0.2, 0.25) is 5.02 Å². The zero-order valence-corrected chi connectivity index (χ0v) is 20.9. The number of hydrogen-bond acceptors (Lipinski definition) is 5. The van der Waals surface area contributed by atoms with Crippen molar-refractivity contribution in [1.82, 2.24) is 4.31 Å². The van der Waals surface area contributed by atoms with Crippen molar-refractivity contribution < 1.29 is 17.9 Å². The lowest BCUT2D eigenvalue weighted by Gasteiger charge is -2.20. The van der Waals surface area contributed by atoms with Gasteiger partial charge in [-0.2, -0.15) is 4.31 Å². The molecular formula is C24H25ClN2O4S2. The largest absolute Gasteiger partial charge is 0.494 e. The van der Waals surface area contributed by atoms with Crippen LogP contribution in [-0.2, 0) is 16.6 Å². The molecular weight excluding hydrogens is 480 g/mol. The number of benzene rings is 3. The highest BCUT2D eigenvalue weighted by Gasteiger charge is 2.23. The zero-order chi connectivity index (χ0) is 24.0. The Hall–Kier alpha value is -2.52. The third-order valence-corrected chi connectivity index (χ3v) is 7.66. The summed E-state index contributed by atoms with van der Waals surface area (Å²) in [6.07, 6.45) is 1.97. The molecule has 0 fully saturated rings. The summed E-state index contributed by atoms with van der Waals surface area (Å²) in [5.41, 5.74) is 1.67. The summed E-state index contributed by atoms with van der Waals surface area (Å²) in [5.74, 6) is 0.234. The van der Waals surface area contributed by atoms with Gasteiger partial charge < -0.3 is 10.1 Å². The van der Waals surface area contributed by atoms with Gasteiger partial charge in [-0.15, -0.1) is 11.8 Å². The number of sulfonamides is 1. The molecule has 3 aromatic rings. The van der Waals surface area contributed by atoms with Crippen LogP contribution in [0.5, 0.6) is 5.75 Å². The molecule has 3 rings (SSSR count). The van der Waals surface area contributed by atoms with E-state index in [2.05, 4.69) is 5.32 Å². The first kappa shape index (κ1) is 25.1. The fourth-order valence-electron chi connectivity index (χ4n) is 3.16. The highest BCUT2D eigenvalue weighted by molar-refractivity contribution is 7.98. The number of nitrogens with zero attached hydrogens (tertiary/aromatic N) is 1. The van der Waals surface area contributed by atoms with E-state index < -0.39 is 10.0 Å². The number of carbonyl (C=O) groups excluding carboxylic acids is 1. The molecule has 0 aliphatic rings. The summed E-state index contributed by atoms with van der Waals surface area (Å²) < 4.78 is 32.9. The number of anilines is 1. The monoisotopic (exact) mass is 504 g/mol. The van der Waals surface area contributed by atoms with E-state index in [9.17, 15) is 13.2 Å². The van der Waals surface area contributed by atoms with Gasteiger partial charge in [-0.05, 0) is 73.8 Å². The molecule has 0 unspecified atom stereocenters. The van der Waals surface area contributed by atoms with Gasteiger partial charge in [0.05, 0.1) is 11.5 Å². The van der Waals surface area contributed by atoms with Crippen LogP contribution in [0, 0.1) is 0 Å². The van der Waals surface area contributed by atoms with Gasteiger partial charge in [0, 0.05) is 40.3 Å². The highest BCUT2D eigenvalue weighted by atomic mass is 35.5. The molecule has 1 N–H and O–H groups in total. The lowest BCUT2D eigenvalue weighted by molar-refractivity contribution is 0.102. The number of ether oxygens (including phenoxy) is 1. The van der Waals surface area contributed by atoms with E-state index in [-0.39, 0.29) is 17.3 Å². The predicted molar refractivity (Wildman–Crippen MR) is 134 cm³/mol. The van der Waals surface area contributed by atoms with Gasteiger partial charge in [0.1, 0.15) is 5.75 Å². The molecule has 1 amide bonds. The second-order valence-electron chi connectivity index (χ2n) is 7.16. The van der Waals surface area contributed by atoms with Gasteiger partial charge in [-0.25, -0.2) is 8.42 Å². The Morgan fingerprint density at radius 1 is 1.09 bits per heavy atom. The van der Waals surface area contributed by atoms with Gasteiger partial charge >= 0.3 is 0 Å². The molecule has 0 heterocycles. The van der Waals surface area contributed by atoms with Crippen molar-refractivity contribution >= 4 is 45.0 Å². The maximum atomic E-state index is 13.0. The first-order valence-electron chi connectivity index (χ1n) is 10.2. The van der Waals surface area contributed by atoms with E-state index in [0.717, 1.165) is 4.90 Å². The number of thioether (sulfide) groups is 1. The first-order chi connectivity index (χ1) is 15.7. The van der Waals surface area contributed by atoms with Crippen LogP contribution in [0.25, 0.3) is 0 Å². The van der Waals surface area contributed by atoms with Gasteiger partial charge in [0.15, 0.2) is 0 Å². The van der Waals surface area contributed by atoms with Crippen LogP contribution >= 0.6 is 23.4 Å². The Kier molecular flexibility index (Phi) is 8.42. The molecule has 0 aliphatic carbocycles. The fraction of sp³-hybridized carbons (Fsp3) is 0.208. The fourth-order valence-corrected chi connectivity index (χ4v) is 4.89. The molecule has 0 bridgehead atoms. The minimum atomic E-state index is -3.76. The van der Waals surface area contributed by atoms with Crippen molar-refractivity contribution in [3.63, 3.8) is 0 Å². The molecule has 0 saturated heterocycles. The van der Waals surface area contributed by atoms with Gasteiger partial charge in [-0.1, -0.05) is 17.7 Å². The Morgan fingerprint density at radius 2 is 1.82 bits per heavy atom. The first-order valence-corrected chi connectivity index (χ1v) is 13.2. The van der Waals surface area contributed by atoms with Crippen molar-refractivity contribution in [2.24, 2.45) is 0 Å². The number of amides is 1. The molecule has 0 aromatic heterocycles. The summed E-state index contributed by atoms with van der Waals surface area (Å²) >= 11 is 7.47. The molecule has 6 nitrogen and oxygen atoms in total. The van der Waals surface area contributed by atoms with E-state index >= 15 is 0 Å². The lowest BCUT2D eigenvalue weighted by Crippen LogP contribution is -2.27. The Morgan fingerprint density at radius 3 is 2.48 bits per heavy atom. The van der Waals surface area contributed by atoms with Crippen LogP contribution in [0.3, 0.4) is 0 Å². The number of carbonyl (C=O) groups is 1. The molecule has 33 heavy (non-hydrogen) atoms. The maximum absolute atomic E-state index is 13.0. The van der Waals surface area contributed by atoms with Crippen molar-refractivity contribution in [2.75, 3.05) is 25.2 Å². The van der Waals surface area contributed by atoms with E-state index in [0.29, 0.717) is 34.2 Å². The number of rotatable bonds is 9. The smallest absolute Gasteiger partial charge is 0.255 e. The number of hydrogen-bond donors (Lipinski definition) is 1. The predicted octanol–water partition coefficient (Wildman–Crippen LogP) is 5.53. The van der Waals surface area contributed by atoms with Crippen LogP contribution in [0.4, 0.5) is 5.69 Å². The summed E-state index contributed by atoms with van der Waals surface area (Å²) in [6, 6.07) is 18.6. The Balaban J connectivity index is 1.86. The van der Waals surface area contributed by atoms with Crippen molar-refractivity contribution in [1.29, 1.82) is 0 Å². The second-order valence-corrected chi connectivity index (χ2v) is 10.5.